The second-order valence-electron chi connectivity index (χ2n) is 9.83. The maximum absolute atomic E-state index is 10.5. The average Bonchev–Trinajstić information content (AvgIpc) is 2.92. The van der Waals surface area contributed by atoms with Crippen molar-refractivity contribution in [2.24, 2.45) is 0 Å². The molecule has 1 heterocycles. The molecule has 5 N–H and O–H groups in total. The van der Waals surface area contributed by atoms with Crippen LogP contribution in [0.2, 0.25) is 0 Å². The van der Waals surface area contributed by atoms with Crippen molar-refractivity contribution in [1.82, 2.24) is 0 Å². The summed E-state index contributed by atoms with van der Waals surface area (Å²) in [6.45, 7) is 4.13. The molecule has 0 bridgehead atoms. The number of hydrogen-bond acceptors (Lipinski definition) is 7. The molecule has 0 saturated carbocycles. The summed E-state index contributed by atoms with van der Waals surface area (Å²) in [6.07, 6.45) is -5.25. The molecule has 1 aliphatic heterocycles. The molecule has 0 amide bonds. The molecule has 1 saturated heterocycles. The van der Waals surface area contributed by atoms with Crippen molar-refractivity contribution in [3.8, 4) is 5.75 Å². The van der Waals surface area contributed by atoms with Crippen LogP contribution >= 0.6 is 0 Å². The smallest absolute Gasteiger partial charge is 0.119 e. The minimum Gasteiger partial charge on any atom is -0.493 e. The first-order chi connectivity index (χ1) is 17.8. The van der Waals surface area contributed by atoms with Crippen molar-refractivity contribution in [3.05, 3.63) is 100 Å². The highest BCUT2D eigenvalue weighted by Gasteiger charge is 2.44. The minimum atomic E-state index is -1.41. The van der Waals surface area contributed by atoms with E-state index in [1.165, 1.54) is 0 Å². The molecule has 6 atom stereocenters. The van der Waals surface area contributed by atoms with Gasteiger partial charge in [-0.25, -0.2) is 0 Å². The van der Waals surface area contributed by atoms with E-state index >= 15 is 0 Å². The maximum Gasteiger partial charge on any atom is 0.119 e. The van der Waals surface area contributed by atoms with Crippen LogP contribution in [0.15, 0.2) is 66.7 Å². The third-order valence-electron chi connectivity index (χ3n) is 7.17. The van der Waals surface area contributed by atoms with Crippen LogP contribution < -0.4 is 4.74 Å². The van der Waals surface area contributed by atoms with Crippen LogP contribution in [0.1, 0.15) is 52.3 Å². The molecule has 0 spiro atoms. The Kier molecular flexibility index (Phi) is 8.97. The predicted molar refractivity (Wildman–Crippen MR) is 139 cm³/mol. The van der Waals surface area contributed by atoms with Gasteiger partial charge < -0.3 is 35.0 Å². The second kappa shape index (κ2) is 12.2. The largest absolute Gasteiger partial charge is 0.493 e. The number of rotatable bonds is 9. The Morgan fingerprint density at radius 1 is 0.865 bits per heavy atom. The molecule has 3 aromatic rings. The van der Waals surface area contributed by atoms with E-state index in [9.17, 15) is 25.5 Å². The Bertz CT molecular complexity index is 1160. The zero-order valence-electron chi connectivity index (χ0n) is 21.2. The van der Waals surface area contributed by atoms with Crippen LogP contribution in [0.4, 0.5) is 0 Å². The molecule has 7 nitrogen and oxygen atoms in total. The van der Waals surface area contributed by atoms with Gasteiger partial charge in [0.05, 0.1) is 19.8 Å². The summed E-state index contributed by atoms with van der Waals surface area (Å²) in [5.74, 6) is 0.903. The average molecular weight is 509 g/mol. The SMILES string of the molecule is Cc1ccc([C@@H]2O[C@H](CO)[C@@H](O)[C@H](O)[C@H]2O)cc1Cc1ccc(OC[C@@H](C)c2ccccc2CO)cc1. The highest BCUT2D eigenvalue weighted by molar-refractivity contribution is 5.38. The van der Waals surface area contributed by atoms with Gasteiger partial charge in [0.2, 0.25) is 0 Å². The van der Waals surface area contributed by atoms with Gasteiger partial charge in [0.1, 0.15) is 36.3 Å². The molecule has 7 heteroatoms. The first-order valence-electron chi connectivity index (χ1n) is 12.6. The third-order valence-corrected chi connectivity index (χ3v) is 7.17. The minimum absolute atomic E-state index is 0.00616. The zero-order valence-corrected chi connectivity index (χ0v) is 21.2. The van der Waals surface area contributed by atoms with Crippen LogP contribution in [0.3, 0.4) is 0 Å². The summed E-state index contributed by atoms with van der Waals surface area (Å²) >= 11 is 0. The Balaban J connectivity index is 1.42. The number of aryl methyl sites for hydroxylation is 1. The summed E-state index contributed by atoms with van der Waals surface area (Å²) < 4.78 is 11.7. The van der Waals surface area contributed by atoms with E-state index in [4.69, 9.17) is 9.47 Å². The summed E-state index contributed by atoms with van der Waals surface area (Å²) in [5.41, 5.74) is 5.86. The van der Waals surface area contributed by atoms with Gasteiger partial charge in [-0.2, -0.15) is 0 Å². The van der Waals surface area contributed by atoms with E-state index in [-0.39, 0.29) is 12.5 Å². The molecule has 4 rings (SSSR count). The van der Waals surface area contributed by atoms with Gasteiger partial charge in [-0.05, 0) is 58.9 Å². The lowest BCUT2D eigenvalue weighted by Crippen LogP contribution is -2.55. The normalized spacial score (nSPS) is 24.6. The monoisotopic (exact) mass is 508 g/mol. The van der Waals surface area contributed by atoms with E-state index in [2.05, 4.69) is 6.92 Å². The molecular formula is C30H36O7. The van der Waals surface area contributed by atoms with Crippen LogP contribution in [0.25, 0.3) is 0 Å². The molecule has 198 valence electrons. The Labute approximate surface area is 217 Å². The zero-order chi connectivity index (χ0) is 26.5. The molecule has 37 heavy (non-hydrogen) atoms. The van der Waals surface area contributed by atoms with Crippen molar-refractivity contribution in [2.45, 2.75) is 63.3 Å². The van der Waals surface area contributed by atoms with Gasteiger partial charge >= 0.3 is 0 Å². The number of ether oxygens (including phenoxy) is 2. The Morgan fingerprint density at radius 3 is 2.30 bits per heavy atom. The molecule has 0 aromatic heterocycles. The number of hydrogen-bond donors (Lipinski definition) is 5. The molecule has 1 aliphatic rings. The fraction of sp³-hybridized carbons (Fsp3) is 0.400. The molecule has 0 aliphatic carbocycles. The van der Waals surface area contributed by atoms with Crippen LogP contribution in [-0.4, -0.2) is 63.2 Å². The summed E-state index contributed by atoms with van der Waals surface area (Å²) in [6, 6.07) is 21.5. The second-order valence-corrected chi connectivity index (χ2v) is 9.83. The van der Waals surface area contributed by atoms with Crippen molar-refractivity contribution in [2.75, 3.05) is 13.2 Å². The molecule has 1 fully saturated rings. The lowest BCUT2D eigenvalue weighted by molar-refractivity contribution is -0.231. The maximum atomic E-state index is 10.5. The van der Waals surface area contributed by atoms with E-state index < -0.39 is 37.1 Å². The molecular weight excluding hydrogens is 472 g/mol. The van der Waals surface area contributed by atoms with Crippen LogP contribution in [-0.2, 0) is 17.8 Å². The van der Waals surface area contributed by atoms with Crippen LogP contribution in [0, 0.1) is 6.92 Å². The van der Waals surface area contributed by atoms with Crippen molar-refractivity contribution < 1.29 is 35.0 Å². The summed E-state index contributed by atoms with van der Waals surface area (Å²) in [4.78, 5) is 0. The van der Waals surface area contributed by atoms with Gasteiger partial charge in [0.25, 0.3) is 0 Å². The van der Waals surface area contributed by atoms with E-state index in [0.717, 1.165) is 33.6 Å². The Hall–Kier alpha value is -2.78. The number of benzene rings is 3. The van der Waals surface area contributed by atoms with Gasteiger partial charge in [-0.1, -0.05) is 61.5 Å². The van der Waals surface area contributed by atoms with E-state index in [1.807, 2.05) is 73.7 Å². The lowest BCUT2D eigenvalue weighted by atomic mass is 9.89. The Morgan fingerprint density at radius 2 is 1.59 bits per heavy atom. The van der Waals surface area contributed by atoms with Crippen molar-refractivity contribution in [1.29, 1.82) is 0 Å². The first kappa shape index (κ1) is 27.3. The number of aliphatic hydroxyl groups excluding tert-OH is 5. The fourth-order valence-corrected chi connectivity index (χ4v) is 4.83. The highest BCUT2D eigenvalue weighted by Crippen LogP contribution is 2.33. The van der Waals surface area contributed by atoms with E-state index in [0.29, 0.717) is 18.6 Å². The quantitative estimate of drug-likeness (QED) is 0.302. The topological polar surface area (TPSA) is 120 Å². The van der Waals surface area contributed by atoms with Crippen LogP contribution in [0.5, 0.6) is 5.75 Å². The predicted octanol–water partition coefficient (Wildman–Crippen LogP) is 2.78. The van der Waals surface area contributed by atoms with Gasteiger partial charge in [-0.15, -0.1) is 0 Å². The highest BCUT2D eigenvalue weighted by atomic mass is 16.5. The molecule has 3 aromatic carbocycles. The number of aliphatic hydroxyl groups is 5. The summed E-state index contributed by atoms with van der Waals surface area (Å²) in [5, 5.41) is 49.8. The molecule has 0 radical (unpaired) electrons. The first-order valence-corrected chi connectivity index (χ1v) is 12.6. The third kappa shape index (κ3) is 6.21. The van der Waals surface area contributed by atoms with Gasteiger partial charge in [0, 0.05) is 5.92 Å². The van der Waals surface area contributed by atoms with Crippen molar-refractivity contribution in [3.63, 3.8) is 0 Å². The lowest BCUT2D eigenvalue weighted by Gasteiger charge is -2.40. The standard InChI is InChI=1S/C30H36O7/c1-18-7-10-21(30-29(35)28(34)27(33)26(16-32)37-30)14-23(18)13-20-8-11-24(12-9-20)36-17-19(2)25-6-4-3-5-22(25)15-31/h3-12,14,19,26-35H,13,15-17H2,1-2H3/t19-,26-,27-,28+,29-,30+/m1/s1. The fourth-order valence-electron chi connectivity index (χ4n) is 4.83. The summed E-state index contributed by atoms with van der Waals surface area (Å²) in [7, 11) is 0. The van der Waals surface area contributed by atoms with Gasteiger partial charge in [0.15, 0.2) is 0 Å². The van der Waals surface area contributed by atoms with Crippen molar-refractivity contribution >= 4 is 0 Å². The van der Waals surface area contributed by atoms with Gasteiger partial charge in [-0.3, -0.25) is 0 Å². The van der Waals surface area contributed by atoms with E-state index in [1.54, 1.807) is 0 Å². The molecule has 0 unspecified atom stereocenters.